The minimum Gasteiger partial charge on any atom is -0.465 e. The van der Waals surface area contributed by atoms with Crippen LogP contribution in [0.25, 0.3) is 0 Å². The average Bonchev–Trinajstić information content (AvgIpc) is 2.61. The molecular formula is C18H19N3O5. The Morgan fingerprint density at radius 3 is 2.42 bits per heavy atom. The SMILES string of the molecule is COC(=O)c1ccc(C)c(NCC(=O)Nc2ccc([N+](=O)[O-])cc2C)c1. The molecule has 0 atom stereocenters. The maximum atomic E-state index is 12.1. The van der Waals surface area contributed by atoms with Crippen LogP contribution in [0.4, 0.5) is 17.1 Å². The minimum atomic E-state index is -0.489. The largest absolute Gasteiger partial charge is 0.465 e. The fourth-order valence-corrected chi connectivity index (χ4v) is 2.33. The van der Waals surface area contributed by atoms with Gasteiger partial charge >= 0.3 is 5.97 Å². The van der Waals surface area contributed by atoms with Crippen molar-refractivity contribution in [1.29, 1.82) is 0 Å². The topological polar surface area (TPSA) is 111 Å². The zero-order valence-corrected chi connectivity index (χ0v) is 14.7. The molecule has 2 N–H and O–H groups in total. The highest BCUT2D eigenvalue weighted by Crippen LogP contribution is 2.21. The third-order valence-corrected chi connectivity index (χ3v) is 3.79. The van der Waals surface area contributed by atoms with Crippen LogP contribution in [-0.2, 0) is 9.53 Å². The predicted octanol–water partition coefficient (Wildman–Crippen LogP) is 3.05. The molecule has 0 bridgehead atoms. The molecule has 1 amide bonds. The molecule has 0 unspecified atom stereocenters. The summed E-state index contributed by atoms with van der Waals surface area (Å²) in [6.07, 6.45) is 0. The molecule has 26 heavy (non-hydrogen) atoms. The summed E-state index contributed by atoms with van der Waals surface area (Å²) < 4.78 is 4.68. The van der Waals surface area contributed by atoms with Gasteiger partial charge in [0.25, 0.3) is 5.69 Å². The van der Waals surface area contributed by atoms with Gasteiger partial charge in [0.1, 0.15) is 0 Å². The summed E-state index contributed by atoms with van der Waals surface area (Å²) in [5.41, 5.74) is 2.96. The third kappa shape index (κ3) is 4.56. The molecule has 2 aromatic rings. The van der Waals surface area contributed by atoms with Gasteiger partial charge in [0, 0.05) is 23.5 Å². The lowest BCUT2D eigenvalue weighted by atomic mass is 10.1. The van der Waals surface area contributed by atoms with Crippen LogP contribution in [0.2, 0.25) is 0 Å². The number of hydrogen-bond acceptors (Lipinski definition) is 6. The van der Waals surface area contributed by atoms with Crippen molar-refractivity contribution in [2.45, 2.75) is 13.8 Å². The summed E-state index contributed by atoms with van der Waals surface area (Å²) in [5.74, 6) is -0.774. The number of ether oxygens (including phenoxy) is 1. The van der Waals surface area contributed by atoms with Crippen LogP contribution >= 0.6 is 0 Å². The summed E-state index contributed by atoms with van der Waals surface area (Å²) >= 11 is 0. The second-order valence-electron chi connectivity index (χ2n) is 5.68. The Morgan fingerprint density at radius 1 is 1.08 bits per heavy atom. The van der Waals surface area contributed by atoms with Crippen molar-refractivity contribution in [3.63, 3.8) is 0 Å². The number of esters is 1. The lowest BCUT2D eigenvalue weighted by molar-refractivity contribution is -0.384. The maximum Gasteiger partial charge on any atom is 0.337 e. The lowest BCUT2D eigenvalue weighted by Crippen LogP contribution is -2.22. The van der Waals surface area contributed by atoms with Gasteiger partial charge in [-0.1, -0.05) is 6.07 Å². The van der Waals surface area contributed by atoms with Gasteiger partial charge in [0.2, 0.25) is 5.91 Å². The predicted molar refractivity (Wildman–Crippen MR) is 97.5 cm³/mol. The van der Waals surface area contributed by atoms with Crippen LogP contribution in [0.5, 0.6) is 0 Å². The maximum absolute atomic E-state index is 12.1. The molecule has 0 saturated heterocycles. The first kappa shape index (κ1) is 18.9. The van der Waals surface area contributed by atoms with Gasteiger partial charge < -0.3 is 15.4 Å². The minimum absolute atomic E-state index is 0.0259. The number of nitro groups is 1. The highest BCUT2D eigenvalue weighted by atomic mass is 16.6. The quantitative estimate of drug-likeness (QED) is 0.467. The molecule has 2 rings (SSSR count). The summed E-state index contributed by atoms with van der Waals surface area (Å²) in [7, 11) is 1.30. The number of aryl methyl sites for hydroxylation is 2. The lowest BCUT2D eigenvalue weighted by Gasteiger charge is -2.12. The molecular weight excluding hydrogens is 338 g/mol. The number of methoxy groups -OCH3 is 1. The molecule has 0 aliphatic rings. The van der Waals surface area contributed by atoms with Gasteiger partial charge in [-0.05, 0) is 43.2 Å². The number of nitro benzene ring substituents is 1. The molecule has 0 saturated carbocycles. The number of hydrogen-bond donors (Lipinski definition) is 2. The Hall–Kier alpha value is -3.42. The zero-order valence-electron chi connectivity index (χ0n) is 14.7. The fraction of sp³-hybridized carbons (Fsp3) is 0.222. The van der Waals surface area contributed by atoms with Crippen molar-refractivity contribution in [3.8, 4) is 0 Å². The molecule has 0 spiro atoms. The van der Waals surface area contributed by atoms with Gasteiger partial charge in [0.15, 0.2) is 0 Å². The van der Waals surface area contributed by atoms with Crippen molar-refractivity contribution in [2.75, 3.05) is 24.3 Å². The molecule has 0 heterocycles. The summed E-state index contributed by atoms with van der Waals surface area (Å²) in [6.45, 7) is 3.50. The summed E-state index contributed by atoms with van der Waals surface area (Å²) in [5, 5.41) is 16.4. The summed E-state index contributed by atoms with van der Waals surface area (Å²) in [4.78, 5) is 34.0. The van der Waals surface area contributed by atoms with Gasteiger partial charge in [-0.15, -0.1) is 0 Å². The molecule has 0 radical (unpaired) electrons. The van der Waals surface area contributed by atoms with Gasteiger partial charge in [-0.2, -0.15) is 0 Å². The van der Waals surface area contributed by atoms with Crippen molar-refractivity contribution < 1.29 is 19.2 Å². The van der Waals surface area contributed by atoms with Crippen LogP contribution in [0, 0.1) is 24.0 Å². The number of carbonyl (C=O) groups is 2. The number of benzene rings is 2. The highest BCUT2D eigenvalue weighted by Gasteiger charge is 2.12. The Bertz CT molecular complexity index is 864. The van der Waals surface area contributed by atoms with E-state index in [-0.39, 0.29) is 18.1 Å². The van der Waals surface area contributed by atoms with Gasteiger partial charge in [-0.3, -0.25) is 14.9 Å². The van der Waals surface area contributed by atoms with Crippen molar-refractivity contribution >= 4 is 28.9 Å². The number of nitrogens with one attached hydrogen (secondary N) is 2. The molecule has 8 heteroatoms. The van der Waals surface area contributed by atoms with E-state index in [1.807, 2.05) is 6.92 Å². The van der Waals surface area contributed by atoms with Gasteiger partial charge in [0.05, 0.1) is 24.1 Å². The summed E-state index contributed by atoms with van der Waals surface area (Å²) in [6, 6.07) is 9.24. The highest BCUT2D eigenvalue weighted by molar-refractivity contribution is 5.95. The second-order valence-corrected chi connectivity index (χ2v) is 5.68. The average molecular weight is 357 g/mol. The second kappa shape index (κ2) is 8.11. The van der Waals surface area contributed by atoms with Gasteiger partial charge in [-0.25, -0.2) is 4.79 Å². The van der Waals surface area contributed by atoms with E-state index in [1.165, 1.54) is 25.3 Å². The molecule has 8 nitrogen and oxygen atoms in total. The number of anilines is 2. The van der Waals surface area contributed by atoms with Crippen LogP contribution in [0.1, 0.15) is 21.5 Å². The molecule has 0 aliphatic carbocycles. The Balaban J connectivity index is 2.03. The number of amides is 1. The van der Waals surface area contributed by atoms with Crippen molar-refractivity contribution in [3.05, 3.63) is 63.2 Å². The first-order valence-electron chi connectivity index (χ1n) is 7.79. The number of nitrogens with zero attached hydrogens (tertiary/aromatic N) is 1. The third-order valence-electron chi connectivity index (χ3n) is 3.79. The van der Waals surface area contributed by atoms with Crippen LogP contribution in [0.3, 0.4) is 0 Å². The molecule has 2 aromatic carbocycles. The molecule has 0 aliphatic heterocycles. The number of non-ortho nitro benzene ring substituents is 1. The Morgan fingerprint density at radius 2 is 1.81 bits per heavy atom. The first-order valence-corrected chi connectivity index (χ1v) is 7.79. The van der Waals surface area contributed by atoms with E-state index in [0.29, 0.717) is 22.5 Å². The first-order chi connectivity index (χ1) is 12.3. The van der Waals surface area contributed by atoms with E-state index in [1.54, 1.807) is 25.1 Å². The van der Waals surface area contributed by atoms with Crippen LogP contribution < -0.4 is 10.6 Å². The fourth-order valence-electron chi connectivity index (χ4n) is 2.33. The standard InChI is InChI=1S/C18H19N3O5/c1-11-4-5-13(18(23)26-3)9-16(11)19-10-17(22)20-15-7-6-14(21(24)25)8-12(15)2/h4-9,19H,10H2,1-3H3,(H,20,22). The van der Waals surface area contributed by atoms with E-state index in [2.05, 4.69) is 15.4 Å². The zero-order chi connectivity index (χ0) is 19.3. The molecule has 136 valence electrons. The monoisotopic (exact) mass is 357 g/mol. The van der Waals surface area contributed by atoms with E-state index in [4.69, 9.17) is 0 Å². The van der Waals surface area contributed by atoms with E-state index >= 15 is 0 Å². The number of rotatable bonds is 6. The van der Waals surface area contributed by atoms with Crippen LogP contribution in [0.15, 0.2) is 36.4 Å². The van der Waals surface area contributed by atoms with E-state index in [0.717, 1.165) is 5.56 Å². The van der Waals surface area contributed by atoms with E-state index in [9.17, 15) is 19.7 Å². The smallest absolute Gasteiger partial charge is 0.337 e. The Kier molecular flexibility index (Phi) is 5.90. The van der Waals surface area contributed by atoms with Crippen LogP contribution in [-0.4, -0.2) is 30.5 Å². The van der Waals surface area contributed by atoms with Crippen molar-refractivity contribution in [1.82, 2.24) is 0 Å². The Labute approximate surface area is 150 Å². The molecule has 0 fully saturated rings. The van der Waals surface area contributed by atoms with E-state index < -0.39 is 10.9 Å². The van der Waals surface area contributed by atoms with Crippen molar-refractivity contribution in [2.24, 2.45) is 0 Å². The normalized spacial score (nSPS) is 10.1. The molecule has 0 aromatic heterocycles. The number of carbonyl (C=O) groups excluding carboxylic acids is 2.